The van der Waals surface area contributed by atoms with Gasteiger partial charge in [0.25, 0.3) is 0 Å². The Balaban J connectivity index is 1.63. The molecule has 0 atom stereocenters. The van der Waals surface area contributed by atoms with Gasteiger partial charge in [-0.25, -0.2) is 0 Å². The molecule has 7 nitrogen and oxygen atoms in total. The van der Waals surface area contributed by atoms with Crippen molar-refractivity contribution in [1.29, 1.82) is 5.26 Å². The lowest BCUT2D eigenvalue weighted by atomic mass is 10.2. The molecule has 1 aliphatic heterocycles. The summed E-state index contributed by atoms with van der Waals surface area (Å²) in [6.45, 7) is 0.686. The molecular formula is C19H16N4O3. The number of benzene rings is 2. The minimum atomic E-state index is -0.869. The van der Waals surface area contributed by atoms with Gasteiger partial charge in [-0.3, -0.25) is 14.4 Å². The van der Waals surface area contributed by atoms with E-state index in [1.54, 1.807) is 53.4 Å². The van der Waals surface area contributed by atoms with Crippen molar-refractivity contribution in [1.82, 2.24) is 0 Å². The highest BCUT2D eigenvalue weighted by Crippen LogP contribution is 2.23. The van der Waals surface area contributed by atoms with Crippen molar-refractivity contribution in [2.45, 2.75) is 12.8 Å². The predicted octanol–water partition coefficient (Wildman–Crippen LogP) is 2.26. The fourth-order valence-corrected chi connectivity index (χ4v) is 2.70. The molecule has 2 aromatic carbocycles. The third-order valence-electron chi connectivity index (χ3n) is 4.01. The van der Waals surface area contributed by atoms with Crippen LogP contribution >= 0.6 is 0 Å². The lowest BCUT2D eigenvalue weighted by Gasteiger charge is -2.16. The Kier molecular flexibility index (Phi) is 4.94. The van der Waals surface area contributed by atoms with Crippen LogP contribution in [0.3, 0.4) is 0 Å². The molecule has 0 radical (unpaired) electrons. The molecule has 1 saturated heterocycles. The number of hydrogen-bond donors (Lipinski definition) is 2. The number of nitrogens with zero attached hydrogens (tertiary/aromatic N) is 2. The van der Waals surface area contributed by atoms with Crippen molar-refractivity contribution >= 4 is 34.8 Å². The summed E-state index contributed by atoms with van der Waals surface area (Å²) in [7, 11) is 0. The van der Waals surface area contributed by atoms with Gasteiger partial charge in [0.1, 0.15) is 6.07 Å². The number of carbonyl (C=O) groups is 3. The topological polar surface area (TPSA) is 102 Å². The summed E-state index contributed by atoms with van der Waals surface area (Å²) >= 11 is 0. The van der Waals surface area contributed by atoms with Crippen molar-refractivity contribution in [3.8, 4) is 6.07 Å². The van der Waals surface area contributed by atoms with Crippen LogP contribution in [-0.2, 0) is 14.4 Å². The Labute approximate surface area is 150 Å². The molecule has 0 unspecified atom stereocenters. The Hall–Kier alpha value is -3.66. The molecule has 3 amide bonds. The van der Waals surface area contributed by atoms with Crippen LogP contribution in [0, 0.1) is 11.3 Å². The molecule has 7 heteroatoms. The summed E-state index contributed by atoms with van der Waals surface area (Å²) < 4.78 is 0. The Bertz CT molecular complexity index is 900. The number of nitrogens with one attached hydrogen (secondary N) is 2. The standard InChI is InChI=1S/C19H16N4O3/c20-12-13-4-1-2-5-16(13)22-19(26)18(25)21-14-7-9-15(10-8-14)23-11-3-6-17(23)24/h1-2,4-5,7-10H,3,6,11H2,(H,21,25)(H,22,26). The first-order valence-corrected chi connectivity index (χ1v) is 8.10. The van der Waals surface area contributed by atoms with Gasteiger partial charge in [-0.1, -0.05) is 12.1 Å². The fourth-order valence-electron chi connectivity index (χ4n) is 2.70. The van der Waals surface area contributed by atoms with Gasteiger partial charge in [-0.15, -0.1) is 0 Å². The van der Waals surface area contributed by atoms with Crippen molar-refractivity contribution in [2.24, 2.45) is 0 Å². The lowest BCUT2D eigenvalue weighted by molar-refractivity contribution is -0.133. The highest BCUT2D eigenvalue weighted by molar-refractivity contribution is 6.43. The molecule has 2 aromatic rings. The van der Waals surface area contributed by atoms with Crippen LogP contribution in [0.1, 0.15) is 18.4 Å². The maximum absolute atomic E-state index is 12.0. The first-order chi connectivity index (χ1) is 12.6. The molecule has 0 bridgehead atoms. The van der Waals surface area contributed by atoms with Gasteiger partial charge in [0.15, 0.2) is 0 Å². The van der Waals surface area contributed by atoms with Gasteiger partial charge in [0.2, 0.25) is 5.91 Å². The molecular weight excluding hydrogens is 332 g/mol. The Morgan fingerprint density at radius 3 is 2.35 bits per heavy atom. The summed E-state index contributed by atoms with van der Waals surface area (Å²) in [5, 5.41) is 13.9. The summed E-state index contributed by atoms with van der Waals surface area (Å²) in [5.74, 6) is -1.63. The van der Waals surface area contributed by atoms with Gasteiger partial charge in [0.05, 0.1) is 11.3 Å². The third-order valence-corrected chi connectivity index (χ3v) is 4.01. The molecule has 1 fully saturated rings. The van der Waals surface area contributed by atoms with Crippen LogP contribution in [-0.4, -0.2) is 24.3 Å². The van der Waals surface area contributed by atoms with E-state index in [1.807, 2.05) is 6.07 Å². The van der Waals surface area contributed by atoms with Gasteiger partial charge in [0, 0.05) is 24.3 Å². The highest BCUT2D eigenvalue weighted by Gasteiger charge is 2.21. The molecule has 2 N–H and O–H groups in total. The van der Waals surface area contributed by atoms with Gasteiger partial charge >= 0.3 is 11.8 Å². The minimum Gasteiger partial charge on any atom is -0.318 e. The second-order valence-corrected chi connectivity index (χ2v) is 5.76. The quantitative estimate of drug-likeness (QED) is 0.831. The van der Waals surface area contributed by atoms with Crippen molar-refractivity contribution in [3.63, 3.8) is 0 Å². The van der Waals surface area contributed by atoms with Crippen LogP contribution in [0.5, 0.6) is 0 Å². The van der Waals surface area contributed by atoms with Crippen molar-refractivity contribution in [3.05, 3.63) is 54.1 Å². The minimum absolute atomic E-state index is 0.0809. The van der Waals surface area contributed by atoms with Crippen molar-refractivity contribution < 1.29 is 14.4 Å². The number of nitriles is 1. The fraction of sp³-hybridized carbons (Fsp3) is 0.158. The Morgan fingerprint density at radius 2 is 1.69 bits per heavy atom. The Morgan fingerprint density at radius 1 is 1.00 bits per heavy atom. The zero-order valence-corrected chi connectivity index (χ0v) is 13.9. The van der Waals surface area contributed by atoms with E-state index in [0.29, 0.717) is 18.7 Å². The zero-order chi connectivity index (χ0) is 18.5. The van der Waals surface area contributed by atoms with E-state index in [0.717, 1.165) is 12.1 Å². The van der Waals surface area contributed by atoms with Gasteiger partial charge in [-0.2, -0.15) is 5.26 Å². The van der Waals surface area contributed by atoms with E-state index in [9.17, 15) is 14.4 Å². The maximum atomic E-state index is 12.0. The molecule has 0 aliphatic carbocycles. The molecule has 3 rings (SSSR count). The second-order valence-electron chi connectivity index (χ2n) is 5.76. The number of hydrogen-bond acceptors (Lipinski definition) is 4. The average Bonchev–Trinajstić information content (AvgIpc) is 3.08. The van der Waals surface area contributed by atoms with Gasteiger partial charge < -0.3 is 15.5 Å². The normalized spacial score (nSPS) is 13.2. The first kappa shape index (κ1) is 17.2. The zero-order valence-electron chi connectivity index (χ0n) is 13.9. The third kappa shape index (κ3) is 3.70. The van der Waals surface area contributed by atoms with Crippen LogP contribution in [0.15, 0.2) is 48.5 Å². The van der Waals surface area contributed by atoms with E-state index in [2.05, 4.69) is 10.6 Å². The molecule has 26 heavy (non-hydrogen) atoms. The average molecular weight is 348 g/mol. The predicted molar refractivity (Wildman–Crippen MR) is 96.4 cm³/mol. The van der Waals surface area contributed by atoms with E-state index in [4.69, 9.17) is 5.26 Å². The lowest BCUT2D eigenvalue weighted by Crippen LogP contribution is -2.29. The van der Waals surface area contributed by atoms with E-state index < -0.39 is 11.8 Å². The molecule has 130 valence electrons. The van der Waals surface area contributed by atoms with E-state index in [-0.39, 0.29) is 17.2 Å². The number of amides is 3. The highest BCUT2D eigenvalue weighted by atomic mass is 16.2. The first-order valence-electron chi connectivity index (χ1n) is 8.10. The molecule has 0 saturated carbocycles. The summed E-state index contributed by atoms with van der Waals surface area (Å²) in [6, 6.07) is 15.1. The molecule has 0 spiro atoms. The van der Waals surface area contributed by atoms with Crippen molar-refractivity contribution in [2.75, 3.05) is 22.1 Å². The van der Waals surface area contributed by atoms with Crippen LogP contribution < -0.4 is 15.5 Å². The summed E-state index contributed by atoms with van der Waals surface area (Å²) in [5.41, 5.74) is 1.75. The molecule has 1 aliphatic rings. The summed E-state index contributed by atoms with van der Waals surface area (Å²) in [4.78, 5) is 37.5. The maximum Gasteiger partial charge on any atom is 0.314 e. The summed E-state index contributed by atoms with van der Waals surface area (Å²) in [6.07, 6.45) is 1.38. The molecule has 1 heterocycles. The monoisotopic (exact) mass is 348 g/mol. The van der Waals surface area contributed by atoms with Crippen LogP contribution in [0.4, 0.5) is 17.1 Å². The number of anilines is 3. The number of para-hydroxylation sites is 1. The largest absolute Gasteiger partial charge is 0.318 e. The van der Waals surface area contributed by atoms with Crippen LogP contribution in [0.25, 0.3) is 0 Å². The van der Waals surface area contributed by atoms with Crippen LogP contribution in [0.2, 0.25) is 0 Å². The number of rotatable bonds is 3. The second kappa shape index (κ2) is 7.49. The molecule has 0 aromatic heterocycles. The SMILES string of the molecule is N#Cc1ccccc1NC(=O)C(=O)Nc1ccc(N2CCCC2=O)cc1. The van der Waals surface area contributed by atoms with E-state index in [1.165, 1.54) is 0 Å². The smallest absolute Gasteiger partial charge is 0.314 e. The van der Waals surface area contributed by atoms with Gasteiger partial charge in [-0.05, 0) is 42.8 Å². The van der Waals surface area contributed by atoms with E-state index >= 15 is 0 Å². The number of carbonyl (C=O) groups excluding carboxylic acids is 3.